The molecule has 2 N–H and O–H groups in total. The molecule has 1 amide bonds. The number of hydrogen-bond donors (Lipinski definition) is 2. The topological polar surface area (TPSA) is 75.3 Å². The van der Waals surface area contributed by atoms with Crippen LogP contribution in [0.4, 0.5) is 0 Å². The second-order valence-corrected chi connectivity index (χ2v) is 3.49. The highest BCUT2D eigenvalue weighted by atomic mass is 32.2. The summed E-state index contributed by atoms with van der Waals surface area (Å²) >= 11 is 0. The Morgan fingerprint density at radius 2 is 1.90 bits per heavy atom. The van der Waals surface area contributed by atoms with Crippen molar-refractivity contribution in [2.45, 2.75) is 19.9 Å². The van der Waals surface area contributed by atoms with Crippen LogP contribution in [-0.2, 0) is 15.0 Å². The monoisotopic (exact) mass is 166 g/mol. The standard InChI is InChI=1S/C4H10N2O3S/c1-4(2)6-10(8,9)5-3-7/h3-4,6H,1-2H3,(H,5,7). The van der Waals surface area contributed by atoms with Gasteiger partial charge in [-0.05, 0) is 13.8 Å². The lowest BCUT2D eigenvalue weighted by Crippen LogP contribution is -2.39. The third-order valence-corrected chi connectivity index (χ3v) is 1.78. The highest BCUT2D eigenvalue weighted by Gasteiger charge is 2.07. The van der Waals surface area contributed by atoms with E-state index in [0.29, 0.717) is 0 Å². The van der Waals surface area contributed by atoms with Crippen molar-refractivity contribution in [1.29, 1.82) is 0 Å². The molecule has 60 valence electrons. The predicted octanol–water partition coefficient (Wildman–Crippen LogP) is -1.02. The average Bonchev–Trinajstić information content (AvgIpc) is 1.59. The maximum absolute atomic E-state index is 10.6. The van der Waals surface area contributed by atoms with Crippen LogP contribution in [0.2, 0.25) is 0 Å². The highest BCUT2D eigenvalue weighted by Crippen LogP contribution is 1.80. The quantitative estimate of drug-likeness (QED) is 0.525. The molecule has 0 radical (unpaired) electrons. The minimum atomic E-state index is -3.60. The van der Waals surface area contributed by atoms with Gasteiger partial charge in [0.05, 0.1) is 0 Å². The SMILES string of the molecule is CC(C)NS(=O)(=O)NC=O. The Morgan fingerprint density at radius 1 is 1.40 bits per heavy atom. The molecule has 0 bridgehead atoms. The Bertz CT molecular complexity index is 197. The predicted molar refractivity (Wildman–Crippen MR) is 36.4 cm³/mol. The zero-order valence-corrected chi connectivity index (χ0v) is 6.60. The summed E-state index contributed by atoms with van der Waals surface area (Å²) in [5.41, 5.74) is 0. The van der Waals surface area contributed by atoms with Gasteiger partial charge in [0.2, 0.25) is 6.41 Å². The summed E-state index contributed by atoms with van der Waals surface area (Å²) in [5.74, 6) is 0. The molecule has 0 aliphatic rings. The Labute approximate surface area is 60.0 Å². The number of amides is 1. The van der Waals surface area contributed by atoms with E-state index in [0.717, 1.165) is 0 Å². The summed E-state index contributed by atoms with van der Waals surface area (Å²) in [5, 5.41) is 0. The van der Waals surface area contributed by atoms with Crippen LogP contribution in [0.15, 0.2) is 0 Å². The number of nitrogens with one attached hydrogen (secondary N) is 2. The average molecular weight is 166 g/mol. The number of carbonyl (C=O) groups excluding carboxylic acids is 1. The lowest BCUT2D eigenvalue weighted by Gasteiger charge is -2.06. The minimum Gasteiger partial charge on any atom is -0.278 e. The van der Waals surface area contributed by atoms with E-state index in [4.69, 9.17) is 0 Å². The Hall–Kier alpha value is -0.620. The van der Waals surface area contributed by atoms with Crippen LogP contribution < -0.4 is 9.44 Å². The van der Waals surface area contributed by atoms with Crippen molar-refractivity contribution in [2.75, 3.05) is 0 Å². The van der Waals surface area contributed by atoms with Crippen LogP contribution in [0.3, 0.4) is 0 Å². The van der Waals surface area contributed by atoms with E-state index in [2.05, 4.69) is 4.72 Å². The van der Waals surface area contributed by atoms with Crippen molar-refractivity contribution < 1.29 is 13.2 Å². The van der Waals surface area contributed by atoms with Gasteiger partial charge in [0.1, 0.15) is 0 Å². The van der Waals surface area contributed by atoms with Gasteiger partial charge >= 0.3 is 10.2 Å². The van der Waals surface area contributed by atoms with Crippen LogP contribution in [-0.4, -0.2) is 20.9 Å². The van der Waals surface area contributed by atoms with Crippen molar-refractivity contribution >= 4 is 16.6 Å². The molecule has 0 unspecified atom stereocenters. The Kier molecular flexibility index (Phi) is 3.31. The number of hydrogen-bond acceptors (Lipinski definition) is 3. The molecule has 0 aromatic carbocycles. The molecule has 0 rings (SSSR count). The molecule has 0 saturated carbocycles. The fraction of sp³-hybridized carbons (Fsp3) is 0.750. The van der Waals surface area contributed by atoms with Crippen molar-refractivity contribution in [3.8, 4) is 0 Å². The molecule has 0 aliphatic heterocycles. The van der Waals surface area contributed by atoms with Gasteiger partial charge in [-0.15, -0.1) is 0 Å². The molecule has 5 nitrogen and oxygen atoms in total. The molecule has 0 atom stereocenters. The maximum atomic E-state index is 10.6. The van der Waals surface area contributed by atoms with Gasteiger partial charge in [-0.3, -0.25) is 4.79 Å². The summed E-state index contributed by atoms with van der Waals surface area (Å²) in [6.45, 7) is 3.31. The molecule has 0 aliphatic carbocycles. The molecule has 10 heavy (non-hydrogen) atoms. The summed E-state index contributed by atoms with van der Waals surface area (Å²) in [6.07, 6.45) is 0.116. The molecule has 0 spiro atoms. The molecule has 0 fully saturated rings. The van der Waals surface area contributed by atoms with E-state index in [1.807, 2.05) is 0 Å². The molecule has 0 aromatic heterocycles. The van der Waals surface area contributed by atoms with E-state index in [-0.39, 0.29) is 12.5 Å². The smallest absolute Gasteiger partial charge is 0.278 e. The molecular weight excluding hydrogens is 156 g/mol. The Morgan fingerprint density at radius 3 is 2.20 bits per heavy atom. The third-order valence-electron chi connectivity index (χ3n) is 0.594. The van der Waals surface area contributed by atoms with E-state index in [9.17, 15) is 13.2 Å². The van der Waals surface area contributed by atoms with E-state index in [1.165, 1.54) is 0 Å². The fourth-order valence-electron chi connectivity index (χ4n) is 0.408. The first kappa shape index (κ1) is 9.38. The number of rotatable bonds is 4. The fourth-order valence-corrected chi connectivity index (χ4v) is 1.22. The highest BCUT2D eigenvalue weighted by molar-refractivity contribution is 7.88. The van der Waals surface area contributed by atoms with Gasteiger partial charge in [-0.1, -0.05) is 0 Å². The first-order chi connectivity index (χ1) is 4.48. The minimum absolute atomic E-state index is 0.116. The van der Waals surface area contributed by atoms with Crippen LogP contribution in [0.1, 0.15) is 13.8 Å². The molecule has 0 aromatic rings. The molecule has 0 saturated heterocycles. The first-order valence-corrected chi connectivity index (χ1v) is 4.19. The van der Waals surface area contributed by atoms with Gasteiger partial charge in [0.15, 0.2) is 0 Å². The second-order valence-electron chi connectivity index (χ2n) is 2.01. The molecule has 0 heterocycles. The van der Waals surface area contributed by atoms with Gasteiger partial charge < -0.3 is 0 Å². The summed E-state index contributed by atoms with van der Waals surface area (Å²) in [7, 11) is -3.60. The van der Waals surface area contributed by atoms with Gasteiger partial charge in [0.25, 0.3) is 0 Å². The van der Waals surface area contributed by atoms with E-state index in [1.54, 1.807) is 18.6 Å². The zero-order chi connectivity index (χ0) is 8.20. The van der Waals surface area contributed by atoms with Crippen molar-refractivity contribution in [1.82, 2.24) is 9.44 Å². The van der Waals surface area contributed by atoms with Crippen LogP contribution in [0, 0.1) is 0 Å². The normalized spacial score (nSPS) is 11.5. The molecule has 6 heteroatoms. The largest absolute Gasteiger partial charge is 0.301 e. The Balaban J connectivity index is 4.01. The van der Waals surface area contributed by atoms with Crippen LogP contribution in [0.25, 0.3) is 0 Å². The first-order valence-electron chi connectivity index (χ1n) is 2.71. The van der Waals surface area contributed by atoms with Crippen molar-refractivity contribution in [3.05, 3.63) is 0 Å². The van der Waals surface area contributed by atoms with Gasteiger partial charge in [0, 0.05) is 6.04 Å². The second kappa shape index (κ2) is 3.52. The maximum Gasteiger partial charge on any atom is 0.301 e. The number of carbonyl (C=O) groups is 1. The lowest BCUT2D eigenvalue weighted by atomic mass is 10.4. The van der Waals surface area contributed by atoms with Crippen LogP contribution >= 0.6 is 0 Å². The van der Waals surface area contributed by atoms with E-state index < -0.39 is 10.2 Å². The summed E-state index contributed by atoms with van der Waals surface area (Å²) in [6, 6.07) is -0.211. The van der Waals surface area contributed by atoms with Gasteiger partial charge in [-0.25, -0.2) is 4.72 Å². The van der Waals surface area contributed by atoms with Crippen molar-refractivity contribution in [2.24, 2.45) is 0 Å². The third kappa shape index (κ3) is 4.28. The van der Waals surface area contributed by atoms with Gasteiger partial charge in [-0.2, -0.15) is 13.1 Å². The lowest BCUT2D eigenvalue weighted by molar-refractivity contribution is -0.108. The zero-order valence-electron chi connectivity index (χ0n) is 5.79. The van der Waals surface area contributed by atoms with Crippen LogP contribution in [0.5, 0.6) is 0 Å². The molecular formula is C4H10N2O3S. The summed E-state index contributed by atoms with van der Waals surface area (Å²) in [4.78, 5) is 9.67. The summed E-state index contributed by atoms with van der Waals surface area (Å²) < 4.78 is 25.0. The van der Waals surface area contributed by atoms with Crippen molar-refractivity contribution in [3.63, 3.8) is 0 Å². The van der Waals surface area contributed by atoms with E-state index >= 15 is 0 Å².